The second-order valence-electron chi connectivity index (χ2n) is 5.34. The van der Waals surface area contributed by atoms with E-state index in [0.717, 1.165) is 36.9 Å². The summed E-state index contributed by atoms with van der Waals surface area (Å²) in [6, 6.07) is 0. The number of amides is 1. The van der Waals surface area contributed by atoms with Crippen molar-refractivity contribution in [3.8, 4) is 0 Å². The van der Waals surface area contributed by atoms with Crippen molar-refractivity contribution in [1.29, 1.82) is 0 Å². The fraction of sp³-hybridized carbons (Fsp3) is 0.733. The van der Waals surface area contributed by atoms with Crippen LogP contribution in [-0.2, 0) is 16.1 Å². The first kappa shape index (κ1) is 16.4. The van der Waals surface area contributed by atoms with Gasteiger partial charge in [0.05, 0.1) is 11.8 Å². The molecule has 0 aliphatic carbocycles. The summed E-state index contributed by atoms with van der Waals surface area (Å²) in [7, 11) is 0. The van der Waals surface area contributed by atoms with Gasteiger partial charge in [-0.25, -0.2) is 4.98 Å². The average molecular weight is 311 g/mol. The van der Waals surface area contributed by atoms with Crippen LogP contribution < -0.4 is 10.2 Å². The highest BCUT2D eigenvalue weighted by Gasteiger charge is 2.14. The maximum absolute atomic E-state index is 11.5. The van der Waals surface area contributed by atoms with Crippen molar-refractivity contribution in [3.05, 3.63) is 11.1 Å². The predicted octanol–water partition coefficient (Wildman–Crippen LogP) is 2.56. The quantitative estimate of drug-likeness (QED) is 0.786. The molecule has 0 bridgehead atoms. The van der Waals surface area contributed by atoms with Gasteiger partial charge in [-0.1, -0.05) is 0 Å². The van der Waals surface area contributed by atoms with Crippen LogP contribution in [0, 0.1) is 0 Å². The molecule has 0 aromatic carbocycles. The maximum atomic E-state index is 11.5. The van der Waals surface area contributed by atoms with Crippen molar-refractivity contribution in [3.63, 3.8) is 0 Å². The lowest BCUT2D eigenvalue weighted by Gasteiger charge is -2.22. The van der Waals surface area contributed by atoms with Gasteiger partial charge in [0.15, 0.2) is 5.13 Å². The Kier molecular flexibility index (Phi) is 6.60. The van der Waals surface area contributed by atoms with E-state index < -0.39 is 0 Å². The number of anilines is 1. The van der Waals surface area contributed by atoms with E-state index in [-0.39, 0.29) is 5.91 Å². The number of nitrogens with one attached hydrogen (secondary N) is 1. The van der Waals surface area contributed by atoms with Gasteiger partial charge in [-0.05, 0) is 39.2 Å². The van der Waals surface area contributed by atoms with Crippen LogP contribution in [0.1, 0.15) is 45.2 Å². The summed E-state index contributed by atoms with van der Waals surface area (Å²) in [6.07, 6.45) is 5.16. The molecule has 1 aromatic heterocycles. The zero-order valence-electron chi connectivity index (χ0n) is 12.9. The molecule has 0 spiro atoms. The van der Waals surface area contributed by atoms with Gasteiger partial charge in [-0.3, -0.25) is 9.69 Å². The monoisotopic (exact) mass is 311 g/mol. The van der Waals surface area contributed by atoms with E-state index in [0.29, 0.717) is 12.6 Å². The summed E-state index contributed by atoms with van der Waals surface area (Å²) in [5, 5.41) is 6.22. The predicted molar refractivity (Wildman–Crippen MR) is 85.7 cm³/mol. The molecule has 1 fully saturated rings. The Morgan fingerprint density at radius 3 is 3.10 bits per heavy atom. The van der Waals surface area contributed by atoms with Crippen molar-refractivity contribution in [2.75, 3.05) is 24.6 Å². The van der Waals surface area contributed by atoms with E-state index in [4.69, 9.17) is 4.74 Å². The van der Waals surface area contributed by atoms with Crippen molar-refractivity contribution in [1.82, 2.24) is 10.3 Å². The first-order chi connectivity index (χ1) is 10.2. The van der Waals surface area contributed by atoms with Crippen molar-refractivity contribution in [2.24, 2.45) is 0 Å². The van der Waals surface area contributed by atoms with Crippen LogP contribution in [-0.4, -0.2) is 36.7 Å². The molecule has 2 rings (SSSR count). The number of carbonyl (C=O) groups excluding carboxylic acids is 1. The number of aromatic nitrogens is 1. The second kappa shape index (κ2) is 8.46. The molecule has 6 heteroatoms. The molecule has 1 atom stereocenters. The third-order valence-corrected chi connectivity index (χ3v) is 4.60. The van der Waals surface area contributed by atoms with Gasteiger partial charge in [0, 0.05) is 32.0 Å². The van der Waals surface area contributed by atoms with Crippen LogP contribution in [0.2, 0.25) is 0 Å². The Morgan fingerprint density at radius 1 is 1.57 bits per heavy atom. The zero-order chi connectivity index (χ0) is 15.1. The minimum Gasteiger partial charge on any atom is -0.378 e. The van der Waals surface area contributed by atoms with Gasteiger partial charge in [-0.2, -0.15) is 0 Å². The molecule has 1 N–H and O–H groups in total. The molecule has 1 aliphatic heterocycles. The summed E-state index contributed by atoms with van der Waals surface area (Å²) < 4.78 is 5.71. The molecule has 1 saturated heterocycles. The summed E-state index contributed by atoms with van der Waals surface area (Å²) in [5.74, 6) is 0.0424. The van der Waals surface area contributed by atoms with Crippen LogP contribution >= 0.6 is 11.3 Å². The Bertz CT molecular complexity index is 444. The summed E-state index contributed by atoms with van der Waals surface area (Å²) in [4.78, 5) is 17.7. The van der Waals surface area contributed by atoms with Crippen LogP contribution in [0.5, 0.6) is 0 Å². The number of hydrogen-bond acceptors (Lipinski definition) is 5. The van der Waals surface area contributed by atoms with Crippen molar-refractivity contribution < 1.29 is 9.53 Å². The largest absolute Gasteiger partial charge is 0.378 e. The molecular formula is C15H25N3O2S. The lowest BCUT2D eigenvalue weighted by Crippen LogP contribution is -2.28. The molecular weight excluding hydrogens is 286 g/mol. The molecule has 1 unspecified atom stereocenters. The number of thiazole rings is 1. The highest BCUT2D eigenvalue weighted by molar-refractivity contribution is 7.14. The first-order valence-electron chi connectivity index (χ1n) is 7.75. The van der Waals surface area contributed by atoms with Crippen molar-refractivity contribution >= 4 is 22.4 Å². The van der Waals surface area contributed by atoms with E-state index in [9.17, 15) is 4.79 Å². The Balaban J connectivity index is 1.71. The fourth-order valence-electron chi connectivity index (χ4n) is 2.51. The third-order valence-electron chi connectivity index (χ3n) is 3.69. The van der Waals surface area contributed by atoms with Gasteiger partial charge in [0.2, 0.25) is 5.91 Å². The molecule has 1 aromatic rings. The lowest BCUT2D eigenvalue weighted by atomic mass is 10.1. The van der Waals surface area contributed by atoms with Crippen LogP contribution in [0.3, 0.4) is 0 Å². The first-order valence-corrected chi connectivity index (χ1v) is 8.63. The zero-order valence-corrected chi connectivity index (χ0v) is 13.7. The smallest absolute Gasteiger partial charge is 0.225 e. The number of rotatable bonds is 7. The van der Waals surface area contributed by atoms with E-state index in [2.05, 4.69) is 10.3 Å². The molecule has 118 valence electrons. The molecule has 1 amide bonds. The second-order valence-corrected chi connectivity index (χ2v) is 6.18. The van der Waals surface area contributed by atoms with Crippen molar-refractivity contribution in [2.45, 2.75) is 52.2 Å². The van der Waals surface area contributed by atoms with Crippen LogP contribution in [0.15, 0.2) is 5.38 Å². The minimum absolute atomic E-state index is 0.0424. The molecule has 21 heavy (non-hydrogen) atoms. The minimum atomic E-state index is 0.0424. The third kappa shape index (κ3) is 5.05. The standard InChI is InChI=1S/C15H25N3O2S/c1-3-18(12(2)19)15-17-13(11-21-15)10-16-8-7-14-6-4-5-9-20-14/h11,14,16H,3-10H2,1-2H3. The average Bonchev–Trinajstić information content (AvgIpc) is 2.94. The summed E-state index contributed by atoms with van der Waals surface area (Å²) >= 11 is 1.53. The molecule has 0 saturated carbocycles. The summed E-state index contributed by atoms with van der Waals surface area (Å²) in [6.45, 7) is 6.81. The Morgan fingerprint density at radius 2 is 2.43 bits per heavy atom. The molecule has 5 nitrogen and oxygen atoms in total. The fourth-order valence-corrected chi connectivity index (χ4v) is 3.44. The van der Waals surface area contributed by atoms with E-state index in [1.807, 2.05) is 12.3 Å². The maximum Gasteiger partial charge on any atom is 0.225 e. The highest BCUT2D eigenvalue weighted by atomic mass is 32.1. The van der Waals surface area contributed by atoms with Gasteiger partial charge in [0.1, 0.15) is 0 Å². The Hall–Kier alpha value is -0.980. The van der Waals surface area contributed by atoms with Crippen LogP contribution in [0.4, 0.5) is 5.13 Å². The number of hydrogen-bond donors (Lipinski definition) is 1. The van der Waals surface area contributed by atoms with Gasteiger partial charge in [-0.15, -0.1) is 11.3 Å². The van der Waals surface area contributed by atoms with Gasteiger partial charge >= 0.3 is 0 Å². The normalized spacial score (nSPS) is 18.7. The highest BCUT2D eigenvalue weighted by Crippen LogP contribution is 2.20. The van der Waals surface area contributed by atoms with Gasteiger partial charge in [0.25, 0.3) is 0 Å². The molecule has 1 aliphatic rings. The van der Waals surface area contributed by atoms with Crippen LogP contribution in [0.25, 0.3) is 0 Å². The van der Waals surface area contributed by atoms with E-state index in [1.165, 1.54) is 30.6 Å². The Labute approximate surface area is 130 Å². The number of ether oxygens (including phenoxy) is 1. The lowest BCUT2D eigenvalue weighted by molar-refractivity contribution is -0.116. The number of nitrogens with zero attached hydrogens (tertiary/aromatic N) is 2. The van der Waals surface area contributed by atoms with E-state index in [1.54, 1.807) is 11.8 Å². The SMILES string of the molecule is CCN(C(C)=O)c1nc(CNCCC2CCCCO2)cs1. The molecule has 2 heterocycles. The molecule has 0 radical (unpaired) electrons. The topological polar surface area (TPSA) is 54.5 Å². The number of carbonyl (C=O) groups is 1. The van der Waals surface area contributed by atoms with E-state index >= 15 is 0 Å². The summed E-state index contributed by atoms with van der Waals surface area (Å²) in [5.41, 5.74) is 0.999. The van der Waals surface area contributed by atoms with Gasteiger partial charge < -0.3 is 10.1 Å².